The van der Waals surface area contributed by atoms with Crippen LogP contribution in [0.2, 0.25) is 0 Å². The number of aromatic nitrogens is 1. The van der Waals surface area contributed by atoms with E-state index >= 15 is 0 Å². The van der Waals surface area contributed by atoms with Crippen molar-refractivity contribution >= 4 is 16.9 Å². The van der Waals surface area contributed by atoms with Crippen LogP contribution in [0, 0.1) is 0 Å². The number of carbonyl (C=O) groups excluding carboxylic acids is 1. The number of amides is 1. The first-order chi connectivity index (χ1) is 9.78. The Hall–Kier alpha value is -1.88. The number of fused-ring (bicyclic) bond motifs is 1. The Morgan fingerprint density at radius 1 is 1.40 bits per heavy atom. The van der Waals surface area contributed by atoms with Crippen LogP contribution >= 0.6 is 0 Å². The van der Waals surface area contributed by atoms with Crippen LogP contribution < -0.4 is 5.32 Å². The summed E-state index contributed by atoms with van der Waals surface area (Å²) in [5.41, 5.74) is 1.48. The average Bonchev–Trinajstić information content (AvgIpc) is 2.91. The quantitative estimate of drug-likeness (QED) is 0.922. The van der Waals surface area contributed by atoms with Crippen molar-refractivity contribution in [2.45, 2.75) is 25.3 Å². The molecule has 106 valence electrons. The van der Waals surface area contributed by atoms with Gasteiger partial charge in [0, 0.05) is 24.5 Å². The zero-order valence-electron chi connectivity index (χ0n) is 11.6. The Kier molecular flexibility index (Phi) is 3.69. The molecule has 2 heterocycles. The van der Waals surface area contributed by atoms with Crippen molar-refractivity contribution in [2.75, 3.05) is 20.1 Å². The van der Waals surface area contributed by atoms with Crippen molar-refractivity contribution in [2.24, 2.45) is 0 Å². The Morgan fingerprint density at radius 2 is 2.15 bits per heavy atom. The molecule has 0 bridgehead atoms. The Morgan fingerprint density at radius 3 is 2.90 bits per heavy atom. The fourth-order valence-electron chi connectivity index (χ4n) is 2.74. The van der Waals surface area contributed by atoms with Gasteiger partial charge in [-0.25, -0.2) is 0 Å². The highest BCUT2D eigenvalue weighted by molar-refractivity contribution is 5.86. The minimum atomic E-state index is 0.138. The van der Waals surface area contributed by atoms with Gasteiger partial charge in [-0.2, -0.15) is 0 Å². The smallest absolute Gasteiger partial charge is 0.228 e. The lowest BCUT2D eigenvalue weighted by Crippen LogP contribution is -2.44. The lowest BCUT2D eigenvalue weighted by molar-refractivity contribution is -0.131. The summed E-state index contributed by atoms with van der Waals surface area (Å²) < 4.78 is 5.24. The molecule has 1 fully saturated rings. The van der Waals surface area contributed by atoms with Crippen molar-refractivity contribution in [3.05, 3.63) is 30.0 Å². The molecule has 0 atom stereocenters. The molecule has 0 spiro atoms. The first-order valence-electron chi connectivity index (χ1n) is 7.06. The summed E-state index contributed by atoms with van der Waals surface area (Å²) in [7, 11) is 1.98. The van der Waals surface area contributed by atoms with Gasteiger partial charge in [0.2, 0.25) is 5.91 Å². The second-order valence-electron chi connectivity index (χ2n) is 5.25. The number of nitrogens with zero attached hydrogens (tertiary/aromatic N) is 2. The van der Waals surface area contributed by atoms with Gasteiger partial charge in [0.1, 0.15) is 5.69 Å². The van der Waals surface area contributed by atoms with Crippen LogP contribution in [-0.2, 0) is 11.2 Å². The number of carbonyl (C=O) groups is 1. The van der Waals surface area contributed by atoms with Crippen molar-refractivity contribution < 1.29 is 9.32 Å². The molecule has 5 nitrogen and oxygen atoms in total. The second kappa shape index (κ2) is 5.63. The van der Waals surface area contributed by atoms with Gasteiger partial charge in [-0.05, 0) is 32.0 Å². The van der Waals surface area contributed by atoms with Gasteiger partial charge in [-0.15, -0.1) is 0 Å². The lowest BCUT2D eigenvalue weighted by Gasteiger charge is -2.31. The van der Waals surface area contributed by atoms with Gasteiger partial charge in [-0.1, -0.05) is 17.3 Å². The highest BCUT2D eigenvalue weighted by Gasteiger charge is 2.23. The van der Waals surface area contributed by atoms with Crippen LogP contribution in [0.5, 0.6) is 0 Å². The third kappa shape index (κ3) is 2.54. The molecule has 0 radical (unpaired) electrons. The van der Waals surface area contributed by atoms with E-state index in [0.717, 1.165) is 42.6 Å². The molecule has 1 aromatic carbocycles. The predicted molar refractivity (Wildman–Crippen MR) is 76.4 cm³/mol. The SMILES string of the molecule is CNC1CCN(C(=O)Cc2noc3ccccc23)CC1. The number of benzene rings is 1. The highest BCUT2D eigenvalue weighted by atomic mass is 16.5. The van der Waals surface area contributed by atoms with E-state index in [1.54, 1.807) is 0 Å². The molecule has 1 aliphatic heterocycles. The third-order valence-electron chi connectivity index (χ3n) is 4.03. The van der Waals surface area contributed by atoms with E-state index in [-0.39, 0.29) is 5.91 Å². The van der Waals surface area contributed by atoms with Crippen LogP contribution in [0.25, 0.3) is 11.0 Å². The van der Waals surface area contributed by atoms with Crippen molar-refractivity contribution in [3.8, 4) is 0 Å². The standard InChI is InChI=1S/C15H19N3O2/c1-16-11-6-8-18(9-7-11)15(19)10-13-12-4-2-3-5-14(12)20-17-13/h2-5,11,16H,6-10H2,1H3. The Labute approximate surface area is 117 Å². The topological polar surface area (TPSA) is 58.4 Å². The minimum absolute atomic E-state index is 0.138. The van der Waals surface area contributed by atoms with E-state index in [0.29, 0.717) is 12.5 Å². The van der Waals surface area contributed by atoms with Crippen LogP contribution in [0.4, 0.5) is 0 Å². The zero-order valence-corrected chi connectivity index (χ0v) is 11.6. The summed E-state index contributed by atoms with van der Waals surface area (Å²) in [5.74, 6) is 0.138. The molecule has 1 amide bonds. The molecule has 5 heteroatoms. The number of piperidine rings is 1. The molecule has 3 rings (SSSR count). The summed E-state index contributed by atoms with van der Waals surface area (Å²) in [6, 6.07) is 8.19. The number of likely N-dealkylation sites (tertiary alicyclic amines) is 1. The third-order valence-corrected chi connectivity index (χ3v) is 4.03. The number of para-hydroxylation sites is 1. The molecule has 0 unspecified atom stereocenters. The number of nitrogens with one attached hydrogen (secondary N) is 1. The van der Waals surface area contributed by atoms with E-state index in [1.807, 2.05) is 36.2 Å². The number of hydrogen-bond acceptors (Lipinski definition) is 4. The van der Waals surface area contributed by atoms with Gasteiger partial charge in [0.15, 0.2) is 5.58 Å². The molecule has 1 N–H and O–H groups in total. The summed E-state index contributed by atoms with van der Waals surface area (Å²) >= 11 is 0. The van der Waals surface area contributed by atoms with Crippen molar-refractivity contribution in [3.63, 3.8) is 0 Å². The fraction of sp³-hybridized carbons (Fsp3) is 0.467. The van der Waals surface area contributed by atoms with Crippen LogP contribution in [-0.4, -0.2) is 42.1 Å². The summed E-state index contributed by atoms with van der Waals surface area (Å²) in [6.07, 6.45) is 2.35. The normalized spacial score (nSPS) is 16.8. The molecular weight excluding hydrogens is 254 g/mol. The summed E-state index contributed by atoms with van der Waals surface area (Å²) in [6.45, 7) is 1.64. The van der Waals surface area contributed by atoms with E-state index in [9.17, 15) is 4.79 Å². The number of hydrogen-bond donors (Lipinski definition) is 1. The van der Waals surface area contributed by atoms with E-state index in [4.69, 9.17) is 4.52 Å². The lowest BCUT2D eigenvalue weighted by atomic mass is 10.0. The van der Waals surface area contributed by atoms with Gasteiger partial charge in [0.05, 0.1) is 6.42 Å². The van der Waals surface area contributed by atoms with Gasteiger partial charge in [0.25, 0.3) is 0 Å². The van der Waals surface area contributed by atoms with Crippen molar-refractivity contribution in [1.82, 2.24) is 15.4 Å². The molecule has 0 aliphatic carbocycles. The molecule has 1 saturated heterocycles. The summed E-state index contributed by atoms with van der Waals surface area (Å²) in [4.78, 5) is 14.3. The summed E-state index contributed by atoms with van der Waals surface area (Å²) in [5, 5.41) is 8.23. The van der Waals surface area contributed by atoms with Gasteiger partial charge < -0.3 is 14.7 Å². The molecule has 0 saturated carbocycles. The molecule has 1 aliphatic rings. The number of rotatable bonds is 3. The van der Waals surface area contributed by atoms with E-state index in [1.165, 1.54) is 0 Å². The van der Waals surface area contributed by atoms with E-state index < -0.39 is 0 Å². The zero-order chi connectivity index (χ0) is 13.9. The van der Waals surface area contributed by atoms with Crippen LogP contribution in [0.3, 0.4) is 0 Å². The fourth-order valence-corrected chi connectivity index (χ4v) is 2.74. The maximum atomic E-state index is 12.3. The molecule has 1 aromatic heterocycles. The van der Waals surface area contributed by atoms with Crippen molar-refractivity contribution in [1.29, 1.82) is 0 Å². The largest absolute Gasteiger partial charge is 0.356 e. The molecular formula is C15H19N3O2. The van der Waals surface area contributed by atoms with Gasteiger partial charge >= 0.3 is 0 Å². The average molecular weight is 273 g/mol. The van der Waals surface area contributed by atoms with Crippen LogP contribution in [0.1, 0.15) is 18.5 Å². The predicted octanol–water partition coefficient (Wildman–Crippen LogP) is 1.58. The first-order valence-corrected chi connectivity index (χ1v) is 7.06. The Bertz CT molecular complexity index is 600. The van der Waals surface area contributed by atoms with E-state index in [2.05, 4.69) is 10.5 Å². The maximum Gasteiger partial charge on any atom is 0.228 e. The Balaban J connectivity index is 1.67. The second-order valence-corrected chi connectivity index (χ2v) is 5.25. The monoisotopic (exact) mass is 273 g/mol. The molecule has 2 aromatic rings. The first kappa shape index (κ1) is 13.1. The molecule has 20 heavy (non-hydrogen) atoms. The maximum absolute atomic E-state index is 12.3. The minimum Gasteiger partial charge on any atom is -0.356 e. The highest BCUT2D eigenvalue weighted by Crippen LogP contribution is 2.19. The van der Waals surface area contributed by atoms with Gasteiger partial charge in [-0.3, -0.25) is 4.79 Å². The van der Waals surface area contributed by atoms with Crippen LogP contribution in [0.15, 0.2) is 28.8 Å².